The number of nitrogens with one attached hydrogen (secondary N) is 1. The molecule has 0 radical (unpaired) electrons. The summed E-state index contributed by atoms with van der Waals surface area (Å²) in [5.74, 6) is 0.429. The van der Waals surface area contributed by atoms with Gasteiger partial charge < -0.3 is 14.5 Å². The van der Waals surface area contributed by atoms with Gasteiger partial charge in [0.1, 0.15) is 23.9 Å². The molecule has 2 aromatic heterocycles. The molecule has 0 saturated carbocycles. The predicted octanol–water partition coefficient (Wildman–Crippen LogP) is 5.77. The van der Waals surface area contributed by atoms with E-state index < -0.39 is 0 Å². The van der Waals surface area contributed by atoms with Crippen molar-refractivity contribution in [3.63, 3.8) is 0 Å². The smallest absolute Gasteiger partial charge is 0.291 e. The molecule has 2 heterocycles. The lowest BCUT2D eigenvalue weighted by atomic mass is 10.2. The highest BCUT2D eigenvalue weighted by atomic mass is 35.5. The maximum Gasteiger partial charge on any atom is 0.291 e. The van der Waals surface area contributed by atoms with Crippen LogP contribution in [0.5, 0.6) is 5.75 Å². The summed E-state index contributed by atoms with van der Waals surface area (Å²) in [6, 6.07) is 16.5. The Labute approximate surface area is 189 Å². The van der Waals surface area contributed by atoms with Crippen molar-refractivity contribution in [1.29, 1.82) is 0 Å². The maximum absolute atomic E-state index is 13.0. The van der Waals surface area contributed by atoms with Crippen LogP contribution in [-0.4, -0.2) is 15.7 Å². The zero-order valence-corrected chi connectivity index (χ0v) is 18.3. The Morgan fingerprint density at radius 2 is 1.81 bits per heavy atom. The molecule has 1 N–H and O–H groups in total. The number of aromatic nitrogens is 2. The van der Waals surface area contributed by atoms with Crippen LogP contribution in [0.3, 0.4) is 0 Å². The molecule has 0 aliphatic heterocycles. The Kier molecular flexibility index (Phi) is 6.28. The molecule has 0 spiro atoms. The lowest BCUT2D eigenvalue weighted by Crippen LogP contribution is -2.12. The lowest BCUT2D eigenvalue weighted by molar-refractivity contribution is 0.0992. The van der Waals surface area contributed by atoms with Crippen LogP contribution in [-0.2, 0) is 13.2 Å². The molecule has 0 bridgehead atoms. The Hall–Kier alpha value is -3.58. The lowest BCUT2D eigenvalue weighted by Gasteiger charge is -2.07. The SMILES string of the molecule is Cc1nn(Cc2ccc(Cl)cc2)c(C)c1NC(=O)c1ccc(COc2ccc(F)cc2)o1. The summed E-state index contributed by atoms with van der Waals surface area (Å²) < 4.78 is 26.0. The second kappa shape index (κ2) is 9.28. The molecule has 0 aliphatic rings. The number of hydrogen-bond donors (Lipinski definition) is 1. The number of nitrogens with zero attached hydrogens (tertiary/aromatic N) is 2. The molecule has 32 heavy (non-hydrogen) atoms. The van der Waals surface area contributed by atoms with Crippen LogP contribution in [0, 0.1) is 19.7 Å². The summed E-state index contributed by atoms with van der Waals surface area (Å²) in [6.45, 7) is 4.42. The fourth-order valence-electron chi connectivity index (χ4n) is 3.23. The molecule has 6 nitrogen and oxygen atoms in total. The first-order chi connectivity index (χ1) is 15.4. The summed E-state index contributed by atoms with van der Waals surface area (Å²) >= 11 is 5.95. The minimum atomic E-state index is -0.379. The molecule has 164 valence electrons. The fraction of sp³-hybridized carbons (Fsp3) is 0.167. The third kappa shape index (κ3) is 5.00. The predicted molar refractivity (Wildman–Crippen MR) is 120 cm³/mol. The second-order valence-electron chi connectivity index (χ2n) is 7.29. The molecule has 0 atom stereocenters. The number of ether oxygens (including phenoxy) is 1. The van der Waals surface area contributed by atoms with E-state index in [1.807, 2.05) is 42.8 Å². The van der Waals surface area contributed by atoms with Crippen LogP contribution in [0.1, 0.15) is 33.3 Å². The quantitative estimate of drug-likeness (QED) is 0.386. The van der Waals surface area contributed by atoms with Crippen molar-refractivity contribution in [2.45, 2.75) is 27.0 Å². The topological polar surface area (TPSA) is 69.3 Å². The van der Waals surface area contributed by atoms with Crippen LogP contribution in [0.4, 0.5) is 10.1 Å². The Morgan fingerprint density at radius 1 is 1.09 bits per heavy atom. The molecule has 4 aromatic rings. The van der Waals surface area contributed by atoms with Gasteiger partial charge in [-0.25, -0.2) is 4.39 Å². The molecule has 8 heteroatoms. The monoisotopic (exact) mass is 453 g/mol. The number of carbonyl (C=O) groups excluding carboxylic acids is 1. The van der Waals surface area contributed by atoms with E-state index in [-0.39, 0.29) is 24.1 Å². The summed E-state index contributed by atoms with van der Waals surface area (Å²) in [7, 11) is 0. The van der Waals surface area contributed by atoms with Crippen molar-refractivity contribution in [3.05, 3.63) is 100.0 Å². The van der Waals surface area contributed by atoms with E-state index in [1.165, 1.54) is 24.3 Å². The van der Waals surface area contributed by atoms with E-state index in [9.17, 15) is 9.18 Å². The third-order valence-electron chi connectivity index (χ3n) is 4.95. The van der Waals surface area contributed by atoms with Gasteiger partial charge in [-0.2, -0.15) is 5.10 Å². The molecule has 4 rings (SSSR count). The van der Waals surface area contributed by atoms with Gasteiger partial charge in [0.05, 0.1) is 23.6 Å². The van der Waals surface area contributed by atoms with Crippen molar-refractivity contribution in [2.75, 3.05) is 5.32 Å². The van der Waals surface area contributed by atoms with Crippen molar-refractivity contribution < 1.29 is 18.3 Å². The maximum atomic E-state index is 13.0. The zero-order chi connectivity index (χ0) is 22.7. The number of rotatable bonds is 7. The molecule has 0 aliphatic carbocycles. The largest absolute Gasteiger partial charge is 0.486 e. The summed E-state index contributed by atoms with van der Waals surface area (Å²) in [5, 5.41) is 8.10. The van der Waals surface area contributed by atoms with Gasteiger partial charge in [-0.15, -0.1) is 0 Å². The standard InChI is InChI=1S/C24H21ClFN3O3/c1-15-23(16(2)29(28-15)13-17-3-5-18(25)6-4-17)27-24(30)22-12-11-21(32-22)14-31-20-9-7-19(26)8-10-20/h3-12H,13-14H2,1-2H3,(H,27,30). The van der Waals surface area contributed by atoms with E-state index in [0.29, 0.717) is 34.5 Å². The first kappa shape index (κ1) is 21.6. The summed E-state index contributed by atoms with van der Waals surface area (Å²) in [6.07, 6.45) is 0. The molecular weight excluding hydrogens is 433 g/mol. The van der Waals surface area contributed by atoms with Crippen LogP contribution in [0.25, 0.3) is 0 Å². The van der Waals surface area contributed by atoms with Crippen LogP contribution in [0.2, 0.25) is 5.02 Å². The van der Waals surface area contributed by atoms with E-state index in [2.05, 4.69) is 10.4 Å². The Bertz CT molecular complexity index is 1230. The van der Waals surface area contributed by atoms with Gasteiger partial charge in [0.15, 0.2) is 5.76 Å². The van der Waals surface area contributed by atoms with Crippen molar-refractivity contribution in [2.24, 2.45) is 0 Å². The number of hydrogen-bond acceptors (Lipinski definition) is 4. The normalized spacial score (nSPS) is 10.9. The zero-order valence-electron chi connectivity index (χ0n) is 17.6. The molecule has 0 fully saturated rings. The third-order valence-corrected chi connectivity index (χ3v) is 5.20. The first-order valence-electron chi connectivity index (χ1n) is 9.96. The van der Waals surface area contributed by atoms with Crippen molar-refractivity contribution >= 4 is 23.2 Å². The summed E-state index contributed by atoms with van der Waals surface area (Å²) in [4.78, 5) is 12.7. The highest BCUT2D eigenvalue weighted by Crippen LogP contribution is 2.23. The Balaban J connectivity index is 1.41. The molecular formula is C24H21ClFN3O3. The van der Waals surface area contributed by atoms with Crippen LogP contribution >= 0.6 is 11.6 Å². The van der Waals surface area contributed by atoms with E-state index in [4.69, 9.17) is 20.8 Å². The van der Waals surface area contributed by atoms with Crippen LogP contribution in [0.15, 0.2) is 65.1 Å². The van der Waals surface area contributed by atoms with E-state index in [1.54, 1.807) is 12.1 Å². The van der Waals surface area contributed by atoms with Crippen molar-refractivity contribution in [1.82, 2.24) is 9.78 Å². The number of furan rings is 1. The number of carbonyl (C=O) groups is 1. The average Bonchev–Trinajstić information content (AvgIpc) is 3.35. The molecule has 0 unspecified atom stereocenters. The highest BCUT2D eigenvalue weighted by molar-refractivity contribution is 6.30. The Morgan fingerprint density at radius 3 is 2.53 bits per heavy atom. The first-order valence-corrected chi connectivity index (χ1v) is 10.3. The molecule has 1 amide bonds. The molecule has 0 saturated heterocycles. The van der Waals surface area contributed by atoms with Gasteiger partial charge >= 0.3 is 0 Å². The number of halogens is 2. The van der Waals surface area contributed by atoms with Gasteiger partial charge in [0.2, 0.25) is 0 Å². The van der Waals surface area contributed by atoms with E-state index >= 15 is 0 Å². The van der Waals surface area contributed by atoms with Gasteiger partial charge in [-0.05, 0) is 67.9 Å². The van der Waals surface area contributed by atoms with Gasteiger partial charge in [0.25, 0.3) is 5.91 Å². The number of aryl methyl sites for hydroxylation is 1. The summed E-state index contributed by atoms with van der Waals surface area (Å²) in [5.41, 5.74) is 3.23. The fourth-order valence-corrected chi connectivity index (χ4v) is 3.36. The number of anilines is 1. The average molecular weight is 454 g/mol. The van der Waals surface area contributed by atoms with Crippen LogP contribution < -0.4 is 10.1 Å². The minimum Gasteiger partial charge on any atom is -0.486 e. The minimum absolute atomic E-state index is 0.121. The number of amides is 1. The van der Waals surface area contributed by atoms with Gasteiger partial charge in [-0.3, -0.25) is 9.48 Å². The van der Waals surface area contributed by atoms with E-state index in [0.717, 1.165) is 11.3 Å². The highest BCUT2D eigenvalue weighted by Gasteiger charge is 2.18. The molecule has 2 aromatic carbocycles. The van der Waals surface area contributed by atoms with Gasteiger partial charge in [-0.1, -0.05) is 23.7 Å². The van der Waals surface area contributed by atoms with Gasteiger partial charge in [0, 0.05) is 5.02 Å². The second-order valence-corrected chi connectivity index (χ2v) is 7.73. The van der Waals surface area contributed by atoms with Crippen molar-refractivity contribution in [3.8, 4) is 5.75 Å². The number of benzene rings is 2.